The highest BCUT2D eigenvalue weighted by molar-refractivity contribution is 5.65. The maximum absolute atomic E-state index is 14.6. The van der Waals surface area contributed by atoms with Gasteiger partial charge in [-0.1, -0.05) is 61.9 Å². The van der Waals surface area contributed by atoms with Crippen LogP contribution in [0, 0.1) is 5.82 Å². The fourth-order valence-electron chi connectivity index (χ4n) is 4.26. The van der Waals surface area contributed by atoms with Gasteiger partial charge in [-0.3, -0.25) is 0 Å². The number of unbranched alkanes of at least 4 members (excludes halogenated alkanes) is 1. The van der Waals surface area contributed by atoms with Gasteiger partial charge in [-0.2, -0.15) is 0 Å². The third kappa shape index (κ3) is 6.27. The van der Waals surface area contributed by atoms with Crippen LogP contribution in [-0.2, 0) is 11.2 Å². The normalized spacial score (nSPS) is 19.7. The van der Waals surface area contributed by atoms with Gasteiger partial charge in [0.05, 0.1) is 6.10 Å². The fraction of sp³-hybridized carbons (Fsp3) is 0.481. The Morgan fingerprint density at radius 2 is 1.79 bits per heavy atom. The maximum Gasteiger partial charge on any atom is 0.131 e. The lowest BCUT2D eigenvalue weighted by Crippen LogP contribution is -2.21. The predicted molar refractivity (Wildman–Crippen MR) is 121 cm³/mol. The molecule has 156 valence electrons. The van der Waals surface area contributed by atoms with E-state index < -0.39 is 0 Å². The van der Waals surface area contributed by atoms with Gasteiger partial charge in [-0.15, -0.1) is 0 Å². The summed E-state index contributed by atoms with van der Waals surface area (Å²) in [6, 6.07) is 14.2. The molecule has 2 aromatic carbocycles. The molecule has 3 rings (SSSR count). The van der Waals surface area contributed by atoms with Crippen LogP contribution in [0.15, 0.2) is 54.6 Å². The lowest BCUT2D eigenvalue weighted by Gasteiger charge is -2.29. The summed E-state index contributed by atoms with van der Waals surface area (Å²) in [6.45, 7) is 5.12. The molecular formula is C27H35FO. The van der Waals surface area contributed by atoms with E-state index in [0.717, 1.165) is 49.8 Å². The fourth-order valence-corrected chi connectivity index (χ4v) is 4.26. The van der Waals surface area contributed by atoms with Crippen LogP contribution >= 0.6 is 0 Å². The first-order chi connectivity index (χ1) is 14.2. The van der Waals surface area contributed by atoms with Crippen molar-refractivity contribution in [2.75, 3.05) is 6.61 Å². The molecule has 0 bridgehead atoms. The Morgan fingerprint density at radius 3 is 2.45 bits per heavy atom. The van der Waals surface area contributed by atoms with Crippen LogP contribution in [0.2, 0.25) is 0 Å². The third-order valence-electron chi connectivity index (χ3n) is 6.09. The molecule has 1 saturated carbocycles. The van der Waals surface area contributed by atoms with E-state index in [1.165, 1.54) is 24.8 Å². The van der Waals surface area contributed by atoms with E-state index in [9.17, 15) is 4.39 Å². The summed E-state index contributed by atoms with van der Waals surface area (Å²) in [4.78, 5) is 0. The first-order valence-corrected chi connectivity index (χ1v) is 11.3. The van der Waals surface area contributed by atoms with Crippen molar-refractivity contribution >= 4 is 0 Å². The molecule has 29 heavy (non-hydrogen) atoms. The molecule has 2 aromatic rings. The van der Waals surface area contributed by atoms with Crippen molar-refractivity contribution in [1.29, 1.82) is 0 Å². The number of aryl methyl sites for hydroxylation is 1. The maximum atomic E-state index is 14.6. The lowest BCUT2D eigenvalue weighted by molar-refractivity contribution is 0.0232. The van der Waals surface area contributed by atoms with Gasteiger partial charge in [0.2, 0.25) is 0 Å². The van der Waals surface area contributed by atoms with Crippen molar-refractivity contribution in [1.82, 2.24) is 0 Å². The summed E-state index contributed by atoms with van der Waals surface area (Å²) >= 11 is 0. The zero-order chi connectivity index (χ0) is 20.5. The topological polar surface area (TPSA) is 9.23 Å². The standard InChI is InChI=1S/C27H35FO/c1-3-5-7-8-21-9-18-26(27(28)20-21)24-12-10-22(11-13-24)23-14-16-25(17-15-23)29-19-6-4-2/h3,5,9-13,18,20,23,25H,4,6-8,14-17,19H2,1-2H3/b5-3+. The average Bonchev–Trinajstić information content (AvgIpc) is 2.75. The average molecular weight is 395 g/mol. The van der Waals surface area contributed by atoms with Crippen LogP contribution in [0.4, 0.5) is 4.39 Å². The summed E-state index contributed by atoms with van der Waals surface area (Å²) in [5.74, 6) is 0.481. The molecule has 0 atom stereocenters. The quantitative estimate of drug-likeness (QED) is 0.311. The van der Waals surface area contributed by atoms with Crippen LogP contribution in [0.3, 0.4) is 0 Å². The van der Waals surface area contributed by atoms with E-state index in [2.05, 4.69) is 43.3 Å². The van der Waals surface area contributed by atoms with E-state index in [1.807, 2.05) is 19.1 Å². The van der Waals surface area contributed by atoms with Crippen molar-refractivity contribution in [2.24, 2.45) is 0 Å². The highest BCUT2D eigenvalue weighted by Gasteiger charge is 2.22. The number of benzene rings is 2. The Balaban J connectivity index is 1.58. The Morgan fingerprint density at radius 1 is 1.03 bits per heavy atom. The molecule has 0 spiro atoms. The Hall–Kier alpha value is -1.93. The lowest BCUT2D eigenvalue weighted by atomic mass is 9.82. The second-order valence-corrected chi connectivity index (χ2v) is 8.24. The zero-order valence-corrected chi connectivity index (χ0v) is 18.0. The Bertz CT molecular complexity index is 770. The monoisotopic (exact) mass is 394 g/mol. The highest BCUT2D eigenvalue weighted by Crippen LogP contribution is 2.35. The van der Waals surface area contributed by atoms with E-state index in [1.54, 1.807) is 6.07 Å². The molecule has 0 amide bonds. The van der Waals surface area contributed by atoms with Crippen molar-refractivity contribution in [3.8, 4) is 11.1 Å². The van der Waals surface area contributed by atoms with Crippen molar-refractivity contribution in [3.05, 3.63) is 71.6 Å². The van der Waals surface area contributed by atoms with Gasteiger partial charge in [0.15, 0.2) is 0 Å². The number of rotatable bonds is 9. The second kappa shape index (κ2) is 11.3. The summed E-state index contributed by atoms with van der Waals surface area (Å²) in [6.07, 6.45) is 13.5. The van der Waals surface area contributed by atoms with Crippen LogP contribution in [-0.4, -0.2) is 12.7 Å². The molecule has 0 radical (unpaired) electrons. The van der Waals surface area contributed by atoms with Crippen LogP contribution in [0.1, 0.15) is 75.8 Å². The van der Waals surface area contributed by atoms with E-state index in [4.69, 9.17) is 4.74 Å². The first-order valence-electron chi connectivity index (χ1n) is 11.3. The van der Waals surface area contributed by atoms with E-state index >= 15 is 0 Å². The molecule has 1 fully saturated rings. The number of allylic oxidation sites excluding steroid dienone is 2. The van der Waals surface area contributed by atoms with Gasteiger partial charge in [-0.25, -0.2) is 4.39 Å². The van der Waals surface area contributed by atoms with E-state index in [0.29, 0.717) is 17.6 Å². The number of hydrogen-bond donors (Lipinski definition) is 0. The summed E-state index contributed by atoms with van der Waals surface area (Å²) < 4.78 is 20.6. The summed E-state index contributed by atoms with van der Waals surface area (Å²) in [5.41, 5.74) is 4.09. The number of halogens is 1. The molecule has 1 nitrogen and oxygen atoms in total. The van der Waals surface area contributed by atoms with Crippen LogP contribution in [0.5, 0.6) is 0 Å². The molecule has 0 heterocycles. The third-order valence-corrected chi connectivity index (χ3v) is 6.09. The van der Waals surface area contributed by atoms with Gasteiger partial charge < -0.3 is 4.74 Å². The Kier molecular flexibility index (Phi) is 8.49. The smallest absolute Gasteiger partial charge is 0.131 e. The Labute approximate surface area is 176 Å². The predicted octanol–water partition coefficient (Wildman–Crippen LogP) is 7.84. The van der Waals surface area contributed by atoms with Crippen LogP contribution < -0.4 is 0 Å². The molecular weight excluding hydrogens is 359 g/mol. The molecule has 1 aliphatic carbocycles. The van der Waals surface area contributed by atoms with Crippen LogP contribution in [0.25, 0.3) is 11.1 Å². The number of ether oxygens (including phenoxy) is 1. The molecule has 0 aromatic heterocycles. The van der Waals surface area contributed by atoms with Gasteiger partial charge >= 0.3 is 0 Å². The highest BCUT2D eigenvalue weighted by atomic mass is 19.1. The van der Waals surface area contributed by atoms with Gasteiger partial charge in [-0.05, 0) is 80.5 Å². The zero-order valence-electron chi connectivity index (χ0n) is 18.0. The minimum atomic E-state index is -0.125. The second-order valence-electron chi connectivity index (χ2n) is 8.24. The van der Waals surface area contributed by atoms with Crippen molar-refractivity contribution < 1.29 is 9.13 Å². The molecule has 1 aliphatic rings. The minimum Gasteiger partial charge on any atom is -0.378 e. The molecule has 0 saturated heterocycles. The molecule has 0 unspecified atom stereocenters. The minimum absolute atomic E-state index is 0.125. The molecule has 2 heteroatoms. The molecule has 0 aliphatic heterocycles. The number of hydrogen-bond acceptors (Lipinski definition) is 1. The summed E-state index contributed by atoms with van der Waals surface area (Å²) in [7, 11) is 0. The summed E-state index contributed by atoms with van der Waals surface area (Å²) in [5, 5.41) is 0. The van der Waals surface area contributed by atoms with Gasteiger partial charge in [0.1, 0.15) is 5.82 Å². The van der Waals surface area contributed by atoms with E-state index in [-0.39, 0.29) is 5.82 Å². The van der Waals surface area contributed by atoms with Gasteiger partial charge in [0, 0.05) is 12.2 Å². The largest absolute Gasteiger partial charge is 0.378 e. The first kappa shape index (κ1) is 21.8. The van der Waals surface area contributed by atoms with Crippen molar-refractivity contribution in [2.45, 2.75) is 77.2 Å². The van der Waals surface area contributed by atoms with Crippen molar-refractivity contribution in [3.63, 3.8) is 0 Å². The van der Waals surface area contributed by atoms with Gasteiger partial charge in [0.25, 0.3) is 0 Å². The SMILES string of the molecule is C/C=C/CCc1ccc(-c2ccc(C3CCC(OCCCC)CC3)cc2)c(F)c1. The molecule has 0 N–H and O–H groups in total.